The van der Waals surface area contributed by atoms with Crippen molar-refractivity contribution in [3.63, 3.8) is 0 Å². The minimum atomic E-state index is 0.608. The highest BCUT2D eigenvalue weighted by Crippen LogP contribution is 2.17. The van der Waals surface area contributed by atoms with Crippen molar-refractivity contribution in [2.24, 2.45) is 0 Å². The van der Waals surface area contributed by atoms with Crippen LogP contribution in [-0.4, -0.2) is 11.5 Å². The van der Waals surface area contributed by atoms with Crippen LogP contribution >= 0.6 is 0 Å². The fraction of sp³-hybridized carbons (Fsp3) is 0.312. The van der Waals surface area contributed by atoms with Crippen molar-refractivity contribution < 1.29 is 0 Å². The van der Waals surface area contributed by atoms with Gasteiger partial charge in [-0.1, -0.05) is 37.3 Å². The second-order valence-electron chi connectivity index (χ2n) is 4.63. The molecule has 0 spiro atoms. The quantitative estimate of drug-likeness (QED) is 0.783. The van der Waals surface area contributed by atoms with Gasteiger partial charge in [-0.05, 0) is 42.1 Å². The Morgan fingerprint density at radius 2 is 1.78 bits per heavy atom. The molecule has 1 aromatic heterocycles. The average Bonchev–Trinajstić information content (AvgIpc) is 2.45. The Kier molecular flexibility index (Phi) is 4.91. The van der Waals surface area contributed by atoms with Crippen LogP contribution in [0.2, 0.25) is 0 Å². The summed E-state index contributed by atoms with van der Waals surface area (Å²) in [6.07, 6.45) is 4.84. The van der Waals surface area contributed by atoms with E-state index in [4.69, 9.17) is 0 Å². The summed E-state index contributed by atoms with van der Waals surface area (Å²) in [6, 6.07) is 14.8. The molecule has 18 heavy (non-hydrogen) atoms. The molecule has 0 bridgehead atoms. The molecule has 0 radical (unpaired) electrons. The Labute approximate surface area is 109 Å². The zero-order valence-electron chi connectivity index (χ0n) is 10.8. The summed E-state index contributed by atoms with van der Waals surface area (Å²) in [5, 5.41) is 3.47. The van der Waals surface area contributed by atoms with Gasteiger partial charge in [0, 0.05) is 18.9 Å². The maximum absolute atomic E-state index is 4.01. The maximum Gasteiger partial charge on any atom is 0.0271 e. The third kappa shape index (κ3) is 3.97. The van der Waals surface area contributed by atoms with E-state index in [0.717, 1.165) is 19.5 Å². The Balaban J connectivity index is 1.70. The van der Waals surface area contributed by atoms with Gasteiger partial charge in [-0.15, -0.1) is 0 Å². The minimum Gasteiger partial charge on any atom is -0.313 e. The predicted molar refractivity (Wildman–Crippen MR) is 75.4 cm³/mol. The topological polar surface area (TPSA) is 24.9 Å². The van der Waals surface area contributed by atoms with Gasteiger partial charge in [0.25, 0.3) is 0 Å². The molecule has 2 aromatic rings. The molecule has 0 amide bonds. The van der Waals surface area contributed by atoms with E-state index < -0.39 is 0 Å². The first-order chi connectivity index (χ1) is 8.86. The van der Waals surface area contributed by atoms with E-state index in [2.05, 4.69) is 47.6 Å². The van der Waals surface area contributed by atoms with E-state index in [-0.39, 0.29) is 0 Å². The summed E-state index contributed by atoms with van der Waals surface area (Å²) in [6.45, 7) is 4.24. The number of hydrogen-bond donors (Lipinski definition) is 1. The summed E-state index contributed by atoms with van der Waals surface area (Å²) in [5.74, 6) is 0.608. The van der Waals surface area contributed by atoms with E-state index >= 15 is 0 Å². The fourth-order valence-corrected chi connectivity index (χ4v) is 2.00. The minimum absolute atomic E-state index is 0.608. The van der Waals surface area contributed by atoms with Crippen molar-refractivity contribution >= 4 is 0 Å². The first-order valence-electron chi connectivity index (χ1n) is 6.51. The molecule has 1 heterocycles. The van der Waals surface area contributed by atoms with E-state index in [1.807, 2.05) is 24.5 Å². The van der Waals surface area contributed by atoms with Gasteiger partial charge in [-0.25, -0.2) is 0 Å². The van der Waals surface area contributed by atoms with Crippen molar-refractivity contribution in [3.05, 3.63) is 66.0 Å². The smallest absolute Gasteiger partial charge is 0.0271 e. The first kappa shape index (κ1) is 12.8. The average molecular weight is 240 g/mol. The van der Waals surface area contributed by atoms with Crippen LogP contribution in [0.1, 0.15) is 30.4 Å². The van der Waals surface area contributed by atoms with Crippen molar-refractivity contribution in [1.82, 2.24) is 10.3 Å². The van der Waals surface area contributed by atoms with E-state index in [1.165, 1.54) is 11.1 Å². The van der Waals surface area contributed by atoms with Crippen molar-refractivity contribution in [2.45, 2.75) is 25.8 Å². The van der Waals surface area contributed by atoms with Crippen molar-refractivity contribution in [3.8, 4) is 0 Å². The molecule has 0 aliphatic rings. The molecule has 1 unspecified atom stereocenters. The zero-order valence-corrected chi connectivity index (χ0v) is 10.8. The summed E-state index contributed by atoms with van der Waals surface area (Å²) in [4.78, 5) is 4.01. The van der Waals surface area contributed by atoms with Crippen LogP contribution in [0.3, 0.4) is 0 Å². The van der Waals surface area contributed by atoms with Crippen LogP contribution in [0.5, 0.6) is 0 Å². The Morgan fingerprint density at radius 1 is 1.06 bits per heavy atom. The lowest BCUT2D eigenvalue weighted by Crippen LogP contribution is -2.16. The lowest BCUT2D eigenvalue weighted by Gasteiger charge is -2.12. The SMILES string of the molecule is CC(CCNCc1ccncc1)c1ccccc1. The third-order valence-corrected chi connectivity index (χ3v) is 3.20. The molecule has 0 fully saturated rings. The van der Waals surface area contributed by atoms with Gasteiger partial charge in [-0.3, -0.25) is 4.98 Å². The highest BCUT2D eigenvalue weighted by Gasteiger charge is 2.03. The van der Waals surface area contributed by atoms with Gasteiger partial charge in [0.05, 0.1) is 0 Å². The van der Waals surface area contributed by atoms with Crippen molar-refractivity contribution in [1.29, 1.82) is 0 Å². The number of hydrogen-bond acceptors (Lipinski definition) is 2. The van der Waals surface area contributed by atoms with E-state index in [1.54, 1.807) is 0 Å². The number of nitrogens with one attached hydrogen (secondary N) is 1. The molecule has 0 saturated heterocycles. The van der Waals surface area contributed by atoms with Crippen LogP contribution in [-0.2, 0) is 6.54 Å². The normalized spacial score (nSPS) is 12.3. The van der Waals surface area contributed by atoms with Gasteiger partial charge >= 0.3 is 0 Å². The molecule has 0 aliphatic carbocycles. The Morgan fingerprint density at radius 3 is 2.50 bits per heavy atom. The Bertz CT molecular complexity index is 439. The van der Waals surface area contributed by atoms with Crippen LogP contribution in [0.15, 0.2) is 54.9 Å². The molecule has 1 aromatic carbocycles. The highest BCUT2D eigenvalue weighted by molar-refractivity contribution is 5.18. The molecular weight excluding hydrogens is 220 g/mol. The first-order valence-corrected chi connectivity index (χ1v) is 6.51. The molecule has 2 heteroatoms. The van der Waals surface area contributed by atoms with E-state index in [0.29, 0.717) is 5.92 Å². The molecule has 1 N–H and O–H groups in total. The number of nitrogens with zero attached hydrogens (tertiary/aromatic N) is 1. The monoisotopic (exact) mass is 240 g/mol. The largest absolute Gasteiger partial charge is 0.313 e. The summed E-state index contributed by atoms with van der Waals surface area (Å²) in [7, 11) is 0. The summed E-state index contributed by atoms with van der Waals surface area (Å²) < 4.78 is 0. The molecular formula is C16H20N2. The fourth-order valence-electron chi connectivity index (χ4n) is 2.00. The van der Waals surface area contributed by atoms with Gasteiger partial charge in [0.15, 0.2) is 0 Å². The summed E-state index contributed by atoms with van der Waals surface area (Å²) in [5.41, 5.74) is 2.71. The number of aromatic nitrogens is 1. The van der Waals surface area contributed by atoms with Crippen molar-refractivity contribution in [2.75, 3.05) is 6.54 Å². The highest BCUT2D eigenvalue weighted by atomic mass is 14.8. The predicted octanol–water partition coefficient (Wildman–Crippen LogP) is 3.37. The zero-order chi connectivity index (χ0) is 12.6. The number of pyridine rings is 1. The molecule has 0 saturated carbocycles. The van der Waals surface area contributed by atoms with Crippen LogP contribution in [0.25, 0.3) is 0 Å². The molecule has 0 aliphatic heterocycles. The standard InChI is InChI=1S/C16H20N2/c1-14(16-5-3-2-4-6-16)7-10-18-13-15-8-11-17-12-9-15/h2-6,8-9,11-12,14,18H,7,10,13H2,1H3. The molecule has 2 rings (SSSR count). The summed E-state index contributed by atoms with van der Waals surface area (Å²) >= 11 is 0. The second kappa shape index (κ2) is 6.92. The van der Waals surface area contributed by atoms with Crippen LogP contribution < -0.4 is 5.32 Å². The lowest BCUT2D eigenvalue weighted by molar-refractivity contribution is 0.594. The van der Waals surface area contributed by atoms with Crippen LogP contribution in [0, 0.1) is 0 Å². The van der Waals surface area contributed by atoms with Gasteiger partial charge in [-0.2, -0.15) is 0 Å². The van der Waals surface area contributed by atoms with Gasteiger partial charge in [0.2, 0.25) is 0 Å². The molecule has 1 atom stereocenters. The lowest BCUT2D eigenvalue weighted by atomic mass is 9.98. The number of rotatable bonds is 6. The van der Waals surface area contributed by atoms with E-state index in [9.17, 15) is 0 Å². The van der Waals surface area contributed by atoms with Crippen LogP contribution in [0.4, 0.5) is 0 Å². The number of benzene rings is 1. The van der Waals surface area contributed by atoms with Gasteiger partial charge in [0.1, 0.15) is 0 Å². The molecule has 94 valence electrons. The van der Waals surface area contributed by atoms with Gasteiger partial charge < -0.3 is 5.32 Å². The molecule has 2 nitrogen and oxygen atoms in total. The maximum atomic E-state index is 4.01. The third-order valence-electron chi connectivity index (χ3n) is 3.20. The second-order valence-corrected chi connectivity index (χ2v) is 4.63. The Hall–Kier alpha value is -1.67.